The molecule has 23 heavy (non-hydrogen) atoms. The number of benzene rings is 1. The number of nitrogens with zero attached hydrogens (tertiary/aromatic N) is 3. The first kappa shape index (κ1) is 16.9. The fourth-order valence-corrected chi connectivity index (χ4v) is 2.21. The van der Waals surface area contributed by atoms with Crippen molar-refractivity contribution in [3.8, 4) is 0 Å². The van der Waals surface area contributed by atoms with Crippen LogP contribution in [-0.4, -0.2) is 28.5 Å². The van der Waals surface area contributed by atoms with Crippen LogP contribution in [0.15, 0.2) is 42.6 Å². The van der Waals surface area contributed by atoms with E-state index in [1.807, 2.05) is 25.1 Å². The molecule has 1 N–H and O–H groups in total. The quantitative estimate of drug-likeness (QED) is 0.854. The zero-order valence-electron chi connectivity index (χ0n) is 14.0. The molecule has 1 heterocycles. The van der Waals surface area contributed by atoms with E-state index in [0.29, 0.717) is 24.7 Å². The molecule has 0 saturated heterocycles. The normalized spacial score (nSPS) is 10.6. The van der Waals surface area contributed by atoms with Gasteiger partial charge in [0.05, 0.1) is 0 Å². The number of nitrogens with one attached hydrogen (secondary N) is 1. The van der Waals surface area contributed by atoms with Gasteiger partial charge >= 0.3 is 0 Å². The highest BCUT2D eigenvalue weighted by Crippen LogP contribution is 2.15. The van der Waals surface area contributed by atoms with Gasteiger partial charge in [0.1, 0.15) is 5.69 Å². The highest BCUT2D eigenvalue weighted by molar-refractivity contribution is 5.92. The second-order valence-electron chi connectivity index (χ2n) is 5.71. The van der Waals surface area contributed by atoms with Crippen LogP contribution in [0.4, 0.5) is 5.95 Å². The Balaban J connectivity index is 2.21. The summed E-state index contributed by atoms with van der Waals surface area (Å²) in [5.74, 6) is 0.423. The van der Waals surface area contributed by atoms with Crippen LogP contribution in [0.2, 0.25) is 0 Å². The van der Waals surface area contributed by atoms with E-state index in [1.165, 1.54) is 5.56 Å². The number of anilines is 1. The van der Waals surface area contributed by atoms with Gasteiger partial charge in [0.15, 0.2) is 0 Å². The molecule has 0 saturated carbocycles. The van der Waals surface area contributed by atoms with E-state index in [-0.39, 0.29) is 11.9 Å². The fraction of sp³-hybridized carbons (Fsp3) is 0.389. The first-order chi connectivity index (χ1) is 11.1. The molecule has 0 atom stereocenters. The van der Waals surface area contributed by atoms with Crippen LogP contribution in [0.1, 0.15) is 43.2 Å². The highest BCUT2D eigenvalue weighted by atomic mass is 16.1. The molecule has 0 aliphatic heterocycles. The standard InChI is InChI=1S/C18H24N4O/c1-4-11-19-17(23)16-10-12-20-18(21-16)22(14(2)3)13-15-8-6-5-7-9-15/h5-10,12,14H,4,11,13H2,1-3H3,(H,19,23). The first-order valence-corrected chi connectivity index (χ1v) is 8.03. The molecule has 0 spiro atoms. The van der Waals surface area contributed by atoms with E-state index in [1.54, 1.807) is 12.3 Å². The minimum Gasteiger partial charge on any atom is -0.351 e. The van der Waals surface area contributed by atoms with Crippen molar-refractivity contribution in [3.63, 3.8) is 0 Å². The van der Waals surface area contributed by atoms with Gasteiger partial charge in [-0.15, -0.1) is 0 Å². The van der Waals surface area contributed by atoms with Gasteiger partial charge in [-0.1, -0.05) is 37.3 Å². The van der Waals surface area contributed by atoms with Crippen LogP contribution >= 0.6 is 0 Å². The number of rotatable bonds is 7. The average molecular weight is 312 g/mol. The zero-order chi connectivity index (χ0) is 16.7. The lowest BCUT2D eigenvalue weighted by molar-refractivity contribution is 0.0948. The van der Waals surface area contributed by atoms with Crippen LogP contribution in [0, 0.1) is 0 Å². The van der Waals surface area contributed by atoms with Crippen molar-refractivity contribution in [1.29, 1.82) is 0 Å². The Bertz CT molecular complexity index is 628. The Labute approximate surface area is 137 Å². The van der Waals surface area contributed by atoms with Gasteiger partial charge in [-0.2, -0.15) is 0 Å². The Hall–Kier alpha value is -2.43. The second kappa shape index (κ2) is 8.27. The van der Waals surface area contributed by atoms with E-state index in [2.05, 4.69) is 46.2 Å². The molecule has 1 aromatic heterocycles. The molecule has 0 unspecified atom stereocenters. The van der Waals surface area contributed by atoms with Crippen molar-refractivity contribution in [2.24, 2.45) is 0 Å². The largest absolute Gasteiger partial charge is 0.351 e. The second-order valence-corrected chi connectivity index (χ2v) is 5.71. The van der Waals surface area contributed by atoms with Gasteiger partial charge in [-0.3, -0.25) is 4.79 Å². The summed E-state index contributed by atoms with van der Waals surface area (Å²) in [5.41, 5.74) is 1.59. The lowest BCUT2D eigenvalue weighted by Crippen LogP contribution is -2.33. The van der Waals surface area contributed by atoms with Crippen molar-refractivity contribution in [3.05, 3.63) is 53.9 Å². The lowest BCUT2D eigenvalue weighted by atomic mass is 10.2. The van der Waals surface area contributed by atoms with E-state index >= 15 is 0 Å². The summed E-state index contributed by atoms with van der Waals surface area (Å²) in [5, 5.41) is 2.85. The smallest absolute Gasteiger partial charge is 0.270 e. The molecule has 2 rings (SSSR count). The van der Waals surface area contributed by atoms with E-state index in [9.17, 15) is 4.79 Å². The van der Waals surface area contributed by atoms with E-state index in [0.717, 1.165) is 6.42 Å². The Kier molecular flexibility index (Phi) is 6.09. The van der Waals surface area contributed by atoms with Gasteiger partial charge in [0.2, 0.25) is 5.95 Å². The Morgan fingerprint density at radius 1 is 1.22 bits per heavy atom. The molecular formula is C18H24N4O. The lowest BCUT2D eigenvalue weighted by Gasteiger charge is -2.27. The Morgan fingerprint density at radius 3 is 2.61 bits per heavy atom. The first-order valence-electron chi connectivity index (χ1n) is 8.03. The van der Waals surface area contributed by atoms with Crippen LogP contribution < -0.4 is 10.2 Å². The van der Waals surface area contributed by atoms with Crippen molar-refractivity contribution >= 4 is 11.9 Å². The summed E-state index contributed by atoms with van der Waals surface area (Å²) < 4.78 is 0. The van der Waals surface area contributed by atoms with Crippen LogP contribution in [0.5, 0.6) is 0 Å². The number of hydrogen-bond donors (Lipinski definition) is 1. The van der Waals surface area contributed by atoms with Gasteiger partial charge < -0.3 is 10.2 Å². The van der Waals surface area contributed by atoms with Crippen LogP contribution in [0.25, 0.3) is 0 Å². The van der Waals surface area contributed by atoms with Crippen LogP contribution in [0.3, 0.4) is 0 Å². The average Bonchev–Trinajstić information content (AvgIpc) is 2.58. The topological polar surface area (TPSA) is 58.1 Å². The maximum Gasteiger partial charge on any atom is 0.270 e. The van der Waals surface area contributed by atoms with E-state index in [4.69, 9.17) is 0 Å². The van der Waals surface area contributed by atoms with Crippen molar-refractivity contribution in [1.82, 2.24) is 15.3 Å². The SMILES string of the molecule is CCCNC(=O)c1ccnc(N(Cc2ccccc2)C(C)C)n1. The Morgan fingerprint density at radius 2 is 1.96 bits per heavy atom. The molecule has 5 nitrogen and oxygen atoms in total. The maximum absolute atomic E-state index is 12.1. The number of carbonyl (C=O) groups is 1. The van der Waals surface area contributed by atoms with Crippen LogP contribution in [-0.2, 0) is 6.54 Å². The van der Waals surface area contributed by atoms with Crippen molar-refractivity contribution in [2.45, 2.75) is 39.8 Å². The summed E-state index contributed by atoms with van der Waals surface area (Å²) in [6.07, 6.45) is 2.54. The molecule has 1 amide bonds. The number of hydrogen-bond acceptors (Lipinski definition) is 4. The maximum atomic E-state index is 12.1. The monoisotopic (exact) mass is 312 g/mol. The third-order valence-electron chi connectivity index (χ3n) is 3.49. The van der Waals surface area contributed by atoms with Gasteiger partial charge in [0, 0.05) is 25.3 Å². The third kappa shape index (κ3) is 4.77. The molecule has 122 valence electrons. The molecule has 5 heteroatoms. The van der Waals surface area contributed by atoms with Gasteiger partial charge in [-0.05, 0) is 31.9 Å². The summed E-state index contributed by atoms with van der Waals surface area (Å²) in [6.45, 7) is 7.56. The predicted molar refractivity (Wildman–Crippen MR) is 92.4 cm³/mol. The summed E-state index contributed by atoms with van der Waals surface area (Å²) in [4.78, 5) is 23.0. The number of amides is 1. The van der Waals surface area contributed by atoms with Crippen molar-refractivity contribution in [2.75, 3.05) is 11.4 Å². The molecule has 0 fully saturated rings. The predicted octanol–water partition coefficient (Wildman–Crippen LogP) is 3.03. The van der Waals surface area contributed by atoms with E-state index < -0.39 is 0 Å². The van der Waals surface area contributed by atoms with Gasteiger partial charge in [-0.25, -0.2) is 9.97 Å². The molecule has 1 aromatic carbocycles. The molecule has 0 bridgehead atoms. The van der Waals surface area contributed by atoms with Crippen molar-refractivity contribution < 1.29 is 4.79 Å². The summed E-state index contributed by atoms with van der Waals surface area (Å²) >= 11 is 0. The van der Waals surface area contributed by atoms with Gasteiger partial charge in [0.25, 0.3) is 5.91 Å². The molecule has 2 aromatic rings. The number of carbonyl (C=O) groups excluding carboxylic acids is 1. The molecular weight excluding hydrogens is 288 g/mol. The summed E-state index contributed by atoms with van der Waals surface area (Å²) in [6, 6.07) is 12.1. The molecule has 0 radical (unpaired) electrons. The molecule has 0 aliphatic carbocycles. The molecule has 0 aliphatic rings. The minimum atomic E-state index is -0.154. The fourth-order valence-electron chi connectivity index (χ4n) is 2.21. The highest BCUT2D eigenvalue weighted by Gasteiger charge is 2.16. The zero-order valence-corrected chi connectivity index (χ0v) is 14.0. The third-order valence-corrected chi connectivity index (χ3v) is 3.49. The number of aromatic nitrogens is 2. The minimum absolute atomic E-state index is 0.154. The summed E-state index contributed by atoms with van der Waals surface area (Å²) in [7, 11) is 0.